The molecule has 140 valence electrons. The number of carbonyl (C=O) groups is 3. The van der Waals surface area contributed by atoms with Crippen LogP contribution < -0.4 is 5.32 Å². The van der Waals surface area contributed by atoms with Crippen molar-refractivity contribution < 1.29 is 41.9 Å². The van der Waals surface area contributed by atoms with Crippen molar-refractivity contribution in [1.82, 2.24) is 5.32 Å². The molecule has 0 aromatic heterocycles. The fraction of sp³-hybridized carbons (Fsp3) is 0.769. The molecule has 0 spiro atoms. The van der Waals surface area contributed by atoms with Gasteiger partial charge in [-0.3, -0.25) is 14.1 Å². The number of ether oxygens (including phenoxy) is 2. The van der Waals surface area contributed by atoms with Crippen LogP contribution >= 0.6 is 0 Å². The minimum absolute atomic E-state index is 0.00845. The highest BCUT2D eigenvalue weighted by Crippen LogP contribution is 2.25. The Morgan fingerprint density at radius 2 is 1.75 bits per heavy atom. The van der Waals surface area contributed by atoms with E-state index in [1.807, 2.05) is 0 Å². The molecule has 3 N–H and O–H groups in total. The van der Waals surface area contributed by atoms with E-state index in [1.165, 1.54) is 6.92 Å². The van der Waals surface area contributed by atoms with Gasteiger partial charge in [0.05, 0.1) is 18.6 Å². The number of hydrogen-bond donors (Lipinski definition) is 3. The molecule has 0 saturated carbocycles. The molecule has 1 amide bonds. The van der Waals surface area contributed by atoms with Crippen molar-refractivity contribution in [3.8, 4) is 0 Å². The van der Waals surface area contributed by atoms with Crippen LogP contribution in [0.15, 0.2) is 0 Å². The lowest BCUT2D eigenvalue weighted by atomic mass is 9.86. The molecule has 0 aromatic carbocycles. The highest BCUT2D eigenvalue weighted by molar-refractivity contribution is 7.85. The molecule has 0 aliphatic carbocycles. The predicted molar refractivity (Wildman–Crippen MR) is 81.7 cm³/mol. The number of nitrogens with one attached hydrogen (secondary N) is 1. The summed E-state index contributed by atoms with van der Waals surface area (Å²) in [7, 11) is -4.09. The van der Waals surface area contributed by atoms with Gasteiger partial charge in [0.2, 0.25) is 6.29 Å². The van der Waals surface area contributed by atoms with Gasteiger partial charge in [-0.15, -0.1) is 0 Å². The minimum atomic E-state index is -4.09. The molecule has 0 aromatic rings. The van der Waals surface area contributed by atoms with Gasteiger partial charge in [0.25, 0.3) is 10.1 Å². The third kappa shape index (κ3) is 12.6. The zero-order valence-electron chi connectivity index (χ0n) is 13.8. The van der Waals surface area contributed by atoms with E-state index < -0.39 is 45.6 Å². The first kappa shape index (κ1) is 22.1. The Hall–Kier alpha value is -1.88. The van der Waals surface area contributed by atoms with Gasteiger partial charge in [0.1, 0.15) is 0 Å². The van der Waals surface area contributed by atoms with Gasteiger partial charge in [-0.25, -0.2) is 4.79 Å². The fourth-order valence-electron chi connectivity index (χ4n) is 1.75. The van der Waals surface area contributed by atoms with Gasteiger partial charge in [-0.05, 0) is 11.8 Å². The maximum absolute atomic E-state index is 11.7. The predicted octanol–water partition coefficient (Wildman–Crippen LogP) is 0.771. The molecule has 11 heteroatoms. The van der Waals surface area contributed by atoms with Crippen molar-refractivity contribution in [1.29, 1.82) is 0 Å². The standard InChI is InChI=1S/C13H23NO9S/c1-9(22-11(17)8-13(2,3)7-10(15)16)23-12(18)14-5-4-6-24(19,20)21/h9H,4-8H2,1-3H3,(H,14,18)(H,15,16)(H,19,20,21). The molecule has 0 aliphatic heterocycles. The molecular weight excluding hydrogens is 346 g/mol. The monoisotopic (exact) mass is 369 g/mol. The third-order valence-electron chi connectivity index (χ3n) is 2.67. The summed E-state index contributed by atoms with van der Waals surface area (Å²) in [6.07, 6.45) is -2.50. The van der Waals surface area contributed by atoms with Gasteiger partial charge in [0, 0.05) is 13.5 Å². The van der Waals surface area contributed by atoms with E-state index in [4.69, 9.17) is 19.1 Å². The van der Waals surface area contributed by atoms with E-state index in [0.717, 1.165) is 0 Å². The Balaban J connectivity index is 4.11. The highest BCUT2D eigenvalue weighted by atomic mass is 32.2. The lowest BCUT2D eigenvalue weighted by Gasteiger charge is -2.22. The van der Waals surface area contributed by atoms with Crippen molar-refractivity contribution in [3.05, 3.63) is 0 Å². The first-order chi connectivity index (χ1) is 10.8. The van der Waals surface area contributed by atoms with E-state index in [2.05, 4.69) is 5.32 Å². The van der Waals surface area contributed by atoms with E-state index >= 15 is 0 Å². The summed E-state index contributed by atoms with van der Waals surface area (Å²) in [6, 6.07) is 0. The summed E-state index contributed by atoms with van der Waals surface area (Å²) in [5.41, 5.74) is -0.805. The number of amides is 1. The summed E-state index contributed by atoms with van der Waals surface area (Å²) >= 11 is 0. The fourth-order valence-corrected chi connectivity index (χ4v) is 2.26. The van der Waals surface area contributed by atoms with Crippen LogP contribution in [-0.2, 0) is 29.2 Å². The van der Waals surface area contributed by atoms with Gasteiger partial charge < -0.3 is 19.9 Å². The average molecular weight is 369 g/mol. The number of carbonyl (C=O) groups excluding carboxylic acids is 2. The van der Waals surface area contributed by atoms with Crippen LogP contribution in [-0.4, -0.2) is 54.7 Å². The van der Waals surface area contributed by atoms with Crippen LogP contribution in [0.2, 0.25) is 0 Å². The molecule has 24 heavy (non-hydrogen) atoms. The number of carboxylic acids is 1. The van der Waals surface area contributed by atoms with Crippen LogP contribution in [0, 0.1) is 5.41 Å². The summed E-state index contributed by atoms with van der Waals surface area (Å²) in [6.45, 7) is 4.44. The van der Waals surface area contributed by atoms with Gasteiger partial charge >= 0.3 is 18.0 Å². The molecule has 0 aliphatic rings. The smallest absolute Gasteiger partial charge is 0.410 e. The van der Waals surface area contributed by atoms with Crippen LogP contribution in [0.1, 0.15) is 40.0 Å². The molecule has 0 radical (unpaired) electrons. The summed E-state index contributed by atoms with van der Waals surface area (Å²) in [5, 5.41) is 11.0. The Morgan fingerprint density at radius 3 is 2.25 bits per heavy atom. The van der Waals surface area contributed by atoms with Gasteiger partial charge in [-0.1, -0.05) is 13.8 Å². The molecular formula is C13H23NO9S. The molecule has 1 atom stereocenters. The largest absolute Gasteiger partial charge is 0.481 e. The molecule has 0 fully saturated rings. The molecule has 10 nitrogen and oxygen atoms in total. The molecule has 0 saturated heterocycles. The average Bonchev–Trinajstić information content (AvgIpc) is 2.30. The van der Waals surface area contributed by atoms with Crippen molar-refractivity contribution in [2.45, 2.75) is 46.3 Å². The minimum Gasteiger partial charge on any atom is -0.481 e. The second-order valence-corrected chi connectivity index (χ2v) is 7.51. The number of aliphatic carboxylic acids is 1. The second-order valence-electron chi connectivity index (χ2n) is 5.94. The van der Waals surface area contributed by atoms with Crippen molar-refractivity contribution in [2.75, 3.05) is 12.3 Å². The zero-order valence-corrected chi connectivity index (χ0v) is 14.6. The number of hydrogen-bond acceptors (Lipinski definition) is 7. The zero-order chi connectivity index (χ0) is 19.0. The van der Waals surface area contributed by atoms with Crippen molar-refractivity contribution in [3.63, 3.8) is 0 Å². The maximum atomic E-state index is 11.7. The second kappa shape index (κ2) is 9.42. The summed E-state index contributed by atoms with van der Waals surface area (Å²) in [4.78, 5) is 33.7. The number of alkyl carbamates (subject to hydrolysis) is 1. The van der Waals surface area contributed by atoms with Crippen molar-refractivity contribution >= 4 is 28.1 Å². The van der Waals surface area contributed by atoms with E-state index in [9.17, 15) is 22.8 Å². The van der Waals surface area contributed by atoms with E-state index in [0.29, 0.717) is 0 Å². The van der Waals surface area contributed by atoms with E-state index in [-0.39, 0.29) is 25.8 Å². The van der Waals surface area contributed by atoms with Crippen molar-refractivity contribution in [2.24, 2.45) is 5.41 Å². The highest BCUT2D eigenvalue weighted by Gasteiger charge is 2.27. The number of carboxylic acid groups (broad SMARTS) is 1. The van der Waals surface area contributed by atoms with Gasteiger partial charge in [0.15, 0.2) is 0 Å². The SMILES string of the molecule is CC(OC(=O)CC(C)(C)CC(=O)O)OC(=O)NCCCS(=O)(=O)O. The third-order valence-corrected chi connectivity index (χ3v) is 3.48. The number of esters is 1. The Kier molecular flexibility index (Phi) is 8.69. The first-order valence-electron chi connectivity index (χ1n) is 7.12. The van der Waals surface area contributed by atoms with Gasteiger partial charge in [-0.2, -0.15) is 8.42 Å². The molecule has 0 heterocycles. The lowest BCUT2D eigenvalue weighted by molar-refractivity contribution is -0.167. The Labute approximate surface area is 140 Å². The summed E-state index contributed by atoms with van der Waals surface area (Å²) in [5.74, 6) is -2.26. The molecule has 0 rings (SSSR count). The Morgan fingerprint density at radius 1 is 1.17 bits per heavy atom. The summed E-state index contributed by atoms with van der Waals surface area (Å²) < 4.78 is 39.0. The van der Waals surface area contributed by atoms with Crippen LogP contribution in [0.4, 0.5) is 4.79 Å². The quantitative estimate of drug-likeness (QED) is 0.219. The topological polar surface area (TPSA) is 156 Å². The number of rotatable bonds is 10. The van der Waals surface area contributed by atoms with Crippen LogP contribution in [0.5, 0.6) is 0 Å². The maximum Gasteiger partial charge on any atom is 0.410 e. The van der Waals surface area contributed by atoms with E-state index in [1.54, 1.807) is 13.8 Å². The first-order valence-corrected chi connectivity index (χ1v) is 8.72. The Bertz CT molecular complexity index is 556. The molecule has 0 bridgehead atoms. The molecule has 1 unspecified atom stereocenters. The van der Waals surface area contributed by atoms with Crippen LogP contribution in [0.25, 0.3) is 0 Å². The normalized spacial score (nSPS) is 13.0. The lowest BCUT2D eigenvalue weighted by Crippen LogP contribution is -2.32. The van der Waals surface area contributed by atoms with Crippen LogP contribution in [0.3, 0.4) is 0 Å².